The van der Waals surface area contributed by atoms with Crippen molar-refractivity contribution in [2.75, 3.05) is 54.1 Å². The van der Waals surface area contributed by atoms with E-state index in [-0.39, 0.29) is 25.8 Å². The molecule has 0 radical (unpaired) electrons. The predicted molar refractivity (Wildman–Crippen MR) is 280 cm³/mol. The van der Waals surface area contributed by atoms with Gasteiger partial charge in [0, 0.05) is 13.0 Å². The van der Waals surface area contributed by atoms with Crippen molar-refractivity contribution in [2.45, 2.75) is 290 Å². The van der Waals surface area contributed by atoms with Gasteiger partial charge >= 0.3 is 13.8 Å². The number of carbonyl (C=O) groups is 1. The Bertz CT molecular complexity index is 1050. The summed E-state index contributed by atoms with van der Waals surface area (Å²) >= 11 is 0. The fourth-order valence-corrected chi connectivity index (χ4v) is 9.18. The zero-order valence-corrected chi connectivity index (χ0v) is 45.2. The molecule has 0 rings (SSSR count). The lowest BCUT2D eigenvalue weighted by atomic mass is 10.0. The molecule has 2 atom stereocenters. The van der Waals surface area contributed by atoms with Crippen molar-refractivity contribution in [2.24, 2.45) is 0 Å². The van der Waals surface area contributed by atoms with Crippen LogP contribution in [-0.4, -0.2) is 75.6 Å². The number of unbranched alkanes of at least 4 members (excludes halogenated alkanes) is 38. The van der Waals surface area contributed by atoms with Crippen LogP contribution >= 0.6 is 7.82 Å². The molecular formula is C56H113NO7P+. The molecule has 0 heterocycles. The Balaban J connectivity index is 4.02. The number of allylic oxidation sites excluding steroid dienone is 2. The first-order chi connectivity index (χ1) is 31.6. The molecule has 8 nitrogen and oxygen atoms in total. The van der Waals surface area contributed by atoms with Crippen LogP contribution in [0.1, 0.15) is 284 Å². The number of quaternary nitrogens is 1. The highest BCUT2D eigenvalue weighted by Gasteiger charge is 2.26. The van der Waals surface area contributed by atoms with Crippen LogP contribution in [-0.2, 0) is 27.9 Å². The van der Waals surface area contributed by atoms with Gasteiger partial charge < -0.3 is 18.9 Å². The SMILES string of the molecule is CCCCCCCC/C=C\CCCCCCCCCCOCC(COP(=O)(O)OCC[N+](C)(C)C)OC(=O)CCCCCCCCCCCCCCCCCCCCCCCCCCC. The third kappa shape index (κ3) is 54.1. The van der Waals surface area contributed by atoms with Gasteiger partial charge in [0.2, 0.25) is 0 Å². The monoisotopic (exact) mass is 943 g/mol. The highest BCUT2D eigenvalue weighted by molar-refractivity contribution is 7.47. The van der Waals surface area contributed by atoms with Crippen molar-refractivity contribution in [3.8, 4) is 0 Å². The first-order valence-corrected chi connectivity index (χ1v) is 29.9. The Morgan fingerprint density at radius 1 is 0.462 bits per heavy atom. The fourth-order valence-electron chi connectivity index (χ4n) is 8.43. The van der Waals surface area contributed by atoms with E-state index in [4.69, 9.17) is 18.5 Å². The van der Waals surface area contributed by atoms with E-state index >= 15 is 0 Å². The Morgan fingerprint density at radius 2 is 0.800 bits per heavy atom. The Kier molecular flexibility index (Phi) is 49.1. The molecule has 0 aromatic heterocycles. The number of esters is 1. The Labute approximate surface area is 405 Å². The molecule has 0 aromatic rings. The van der Waals surface area contributed by atoms with E-state index in [9.17, 15) is 14.3 Å². The van der Waals surface area contributed by atoms with Gasteiger partial charge in [-0.1, -0.05) is 251 Å². The van der Waals surface area contributed by atoms with E-state index < -0.39 is 13.9 Å². The van der Waals surface area contributed by atoms with Crippen molar-refractivity contribution in [1.29, 1.82) is 0 Å². The normalized spacial score (nSPS) is 13.5. The van der Waals surface area contributed by atoms with Crippen LogP contribution in [0, 0.1) is 0 Å². The average molecular weight is 943 g/mol. The molecule has 0 amide bonds. The molecule has 0 aliphatic heterocycles. The summed E-state index contributed by atoms with van der Waals surface area (Å²) in [4.78, 5) is 23.1. The van der Waals surface area contributed by atoms with E-state index in [2.05, 4.69) is 26.0 Å². The topological polar surface area (TPSA) is 91.3 Å². The van der Waals surface area contributed by atoms with Gasteiger partial charge in [-0.25, -0.2) is 4.57 Å². The number of phosphoric acid groups is 1. The van der Waals surface area contributed by atoms with Gasteiger partial charge in [0.25, 0.3) is 0 Å². The second kappa shape index (κ2) is 49.7. The zero-order chi connectivity index (χ0) is 47.6. The van der Waals surface area contributed by atoms with Gasteiger partial charge in [-0.05, 0) is 38.5 Å². The lowest BCUT2D eigenvalue weighted by molar-refractivity contribution is -0.870. The van der Waals surface area contributed by atoms with Crippen LogP contribution in [0.3, 0.4) is 0 Å². The van der Waals surface area contributed by atoms with Crippen LogP contribution in [0.2, 0.25) is 0 Å². The molecule has 2 unspecified atom stereocenters. The van der Waals surface area contributed by atoms with Crippen LogP contribution in [0.5, 0.6) is 0 Å². The first-order valence-electron chi connectivity index (χ1n) is 28.4. The molecule has 9 heteroatoms. The van der Waals surface area contributed by atoms with Gasteiger partial charge in [-0.2, -0.15) is 0 Å². The largest absolute Gasteiger partial charge is 0.472 e. The van der Waals surface area contributed by atoms with Crippen LogP contribution < -0.4 is 0 Å². The molecule has 0 bridgehead atoms. The zero-order valence-electron chi connectivity index (χ0n) is 44.3. The third-order valence-electron chi connectivity index (χ3n) is 12.8. The van der Waals surface area contributed by atoms with Gasteiger partial charge in [0.05, 0.1) is 34.4 Å². The Morgan fingerprint density at radius 3 is 1.17 bits per heavy atom. The maximum Gasteiger partial charge on any atom is 0.472 e. The summed E-state index contributed by atoms with van der Waals surface area (Å²) in [6.07, 6.45) is 58.4. The van der Waals surface area contributed by atoms with E-state index in [1.165, 1.54) is 231 Å². The smallest absolute Gasteiger partial charge is 0.457 e. The van der Waals surface area contributed by atoms with E-state index in [1.807, 2.05) is 21.1 Å². The first kappa shape index (κ1) is 64.2. The summed E-state index contributed by atoms with van der Waals surface area (Å²) in [6.45, 7) is 5.68. The molecule has 0 aliphatic carbocycles. The van der Waals surface area contributed by atoms with Crippen molar-refractivity contribution < 1.29 is 37.3 Å². The van der Waals surface area contributed by atoms with Crippen molar-refractivity contribution in [3.05, 3.63) is 12.2 Å². The molecule has 0 fully saturated rings. The predicted octanol–water partition coefficient (Wildman–Crippen LogP) is 17.7. The van der Waals surface area contributed by atoms with Gasteiger partial charge in [0.1, 0.15) is 19.3 Å². The highest BCUT2D eigenvalue weighted by atomic mass is 31.2. The minimum Gasteiger partial charge on any atom is -0.457 e. The molecule has 388 valence electrons. The fraction of sp³-hybridized carbons (Fsp3) is 0.946. The number of ether oxygens (including phenoxy) is 2. The second-order valence-corrected chi connectivity index (χ2v) is 22.1. The Hall–Kier alpha value is -0.760. The second-order valence-electron chi connectivity index (χ2n) is 20.7. The third-order valence-corrected chi connectivity index (χ3v) is 13.8. The van der Waals surface area contributed by atoms with Crippen molar-refractivity contribution >= 4 is 13.8 Å². The van der Waals surface area contributed by atoms with Crippen LogP contribution in [0.15, 0.2) is 12.2 Å². The maximum absolute atomic E-state index is 12.8. The van der Waals surface area contributed by atoms with Crippen molar-refractivity contribution in [3.63, 3.8) is 0 Å². The number of nitrogens with zero attached hydrogens (tertiary/aromatic N) is 1. The summed E-state index contributed by atoms with van der Waals surface area (Å²) in [6, 6.07) is 0. The number of hydrogen-bond acceptors (Lipinski definition) is 6. The van der Waals surface area contributed by atoms with Gasteiger partial charge in [-0.15, -0.1) is 0 Å². The van der Waals surface area contributed by atoms with E-state index in [0.717, 1.165) is 32.1 Å². The summed E-state index contributed by atoms with van der Waals surface area (Å²) < 4.78 is 35.2. The molecule has 0 aromatic carbocycles. The number of hydrogen-bond donors (Lipinski definition) is 1. The van der Waals surface area contributed by atoms with Gasteiger partial charge in [0.15, 0.2) is 0 Å². The number of carbonyl (C=O) groups excluding carboxylic acids is 1. The molecule has 0 spiro atoms. The number of rotatable bonds is 54. The standard InChI is InChI=1S/C56H112NO7P/c1-6-8-10-12-14-16-18-20-22-24-26-27-28-29-30-31-32-33-35-37-39-41-43-45-47-49-56(58)64-55(54-63-65(59,60)62-52-50-57(3,4)5)53-61-51-48-46-44-42-40-38-36-34-25-23-21-19-17-15-13-11-9-7-2/h21,23,55H,6-20,22,24-54H2,1-5H3/p+1/b23-21-. The number of phosphoric ester groups is 1. The average Bonchev–Trinajstić information content (AvgIpc) is 3.27. The van der Waals surface area contributed by atoms with Crippen LogP contribution in [0.4, 0.5) is 0 Å². The van der Waals surface area contributed by atoms with E-state index in [0.29, 0.717) is 24.1 Å². The lowest BCUT2D eigenvalue weighted by Gasteiger charge is -2.24. The quantitative estimate of drug-likeness (QED) is 0.0213. The molecule has 0 aliphatic rings. The summed E-state index contributed by atoms with van der Waals surface area (Å²) in [5.41, 5.74) is 0. The minimum absolute atomic E-state index is 0.0918. The molecule has 0 saturated carbocycles. The van der Waals surface area contributed by atoms with Gasteiger partial charge in [-0.3, -0.25) is 13.8 Å². The molecule has 1 N–H and O–H groups in total. The lowest BCUT2D eigenvalue weighted by Crippen LogP contribution is -2.37. The maximum atomic E-state index is 12.8. The summed E-state index contributed by atoms with van der Waals surface area (Å²) in [5, 5.41) is 0. The molecular weight excluding hydrogens is 830 g/mol. The number of likely N-dealkylation sites (N-methyl/N-ethyl adjacent to an activating group) is 1. The highest BCUT2D eigenvalue weighted by Crippen LogP contribution is 2.43. The van der Waals surface area contributed by atoms with Crippen molar-refractivity contribution in [1.82, 2.24) is 0 Å². The summed E-state index contributed by atoms with van der Waals surface area (Å²) in [5.74, 6) is -0.306. The van der Waals surface area contributed by atoms with Crippen LogP contribution in [0.25, 0.3) is 0 Å². The molecule has 0 saturated heterocycles. The minimum atomic E-state index is -4.28. The molecule has 65 heavy (non-hydrogen) atoms. The van der Waals surface area contributed by atoms with E-state index in [1.54, 1.807) is 0 Å². The summed E-state index contributed by atoms with van der Waals surface area (Å²) in [7, 11) is 1.68.